The molecule has 0 aromatic heterocycles. The molecule has 2 aliphatic rings. The average molecular weight is 470 g/mol. The van der Waals surface area contributed by atoms with Crippen molar-refractivity contribution in [2.24, 2.45) is 11.8 Å². The van der Waals surface area contributed by atoms with Gasteiger partial charge in [-0.25, -0.2) is 9.18 Å². The number of nitrogens with one attached hydrogen (secondary N) is 1. The fourth-order valence-electron chi connectivity index (χ4n) is 5.04. The molecule has 7 nitrogen and oxygen atoms in total. The molecule has 0 spiro atoms. The first kappa shape index (κ1) is 23.9. The number of urea groups is 1. The number of nitrogens with zero attached hydrogens (tertiary/aromatic N) is 2. The SMILES string of the molecule is COc1cccc(CCN2CC[C@@H]3CN(C(=O)Nc4ccc(F)cc4)CC[C@H]3CC2=O)c1OC. The van der Waals surface area contributed by atoms with Crippen molar-refractivity contribution < 1.29 is 23.5 Å². The van der Waals surface area contributed by atoms with Crippen molar-refractivity contribution in [2.45, 2.75) is 25.7 Å². The Kier molecular flexibility index (Phi) is 7.55. The van der Waals surface area contributed by atoms with E-state index in [2.05, 4.69) is 5.32 Å². The highest BCUT2D eigenvalue weighted by Gasteiger charge is 2.36. The lowest BCUT2D eigenvalue weighted by molar-refractivity contribution is -0.131. The molecule has 0 aliphatic carbocycles. The molecule has 2 saturated heterocycles. The molecule has 34 heavy (non-hydrogen) atoms. The predicted molar refractivity (Wildman–Crippen MR) is 128 cm³/mol. The zero-order valence-corrected chi connectivity index (χ0v) is 19.8. The molecule has 0 unspecified atom stereocenters. The highest BCUT2D eigenvalue weighted by atomic mass is 19.1. The van der Waals surface area contributed by atoms with E-state index < -0.39 is 0 Å². The van der Waals surface area contributed by atoms with Crippen molar-refractivity contribution in [3.63, 3.8) is 0 Å². The monoisotopic (exact) mass is 469 g/mol. The van der Waals surface area contributed by atoms with E-state index >= 15 is 0 Å². The molecular formula is C26H32FN3O4. The second-order valence-corrected chi connectivity index (χ2v) is 8.97. The summed E-state index contributed by atoms with van der Waals surface area (Å²) in [5.74, 6) is 1.82. The van der Waals surface area contributed by atoms with Gasteiger partial charge in [0, 0.05) is 38.3 Å². The van der Waals surface area contributed by atoms with Crippen LogP contribution in [0.25, 0.3) is 0 Å². The van der Waals surface area contributed by atoms with Gasteiger partial charge in [-0.3, -0.25) is 4.79 Å². The summed E-state index contributed by atoms with van der Waals surface area (Å²) < 4.78 is 24.0. The molecule has 2 heterocycles. The van der Waals surface area contributed by atoms with Gasteiger partial charge in [-0.15, -0.1) is 0 Å². The fourth-order valence-corrected chi connectivity index (χ4v) is 5.04. The molecule has 2 aliphatic heterocycles. The third-order valence-electron chi connectivity index (χ3n) is 6.97. The number of fused-ring (bicyclic) bond motifs is 1. The number of carbonyl (C=O) groups is 2. The first-order valence-electron chi connectivity index (χ1n) is 11.8. The summed E-state index contributed by atoms with van der Waals surface area (Å²) in [7, 11) is 3.24. The lowest BCUT2D eigenvalue weighted by Crippen LogP contribution is -2.45. The molecule has 2 atom stereocenters. The number of ether oxygens (including phenoxy) is 2. The summed E-state index contributed by atoms with van der Waals surface area (Å²) in [5, 5.41) is 2.85. The minimum absolute atomic E-state index is 0.178. The van der Waals surface area contributed by atoms with E-state index in [1.165, 1.54) is 12.1 Å². The minimum Gasteiger partial charge on any atom is -0.493 e. The second kappa shape index (κ2) is 10.8. The summed E-state index contributed by atoms with van der Waals surface area (Å²) >= 11 is 0. The summed E-state index contributed by atoms with van der Waals surface area (Å²) in [6.45, 7) is 2.54. The maximum absolute atomic E-state index is 13.1. The van der Waals surface area contributed by atoms with Crippen LogP contribution in [0.4, 0.5) is 14.9 Å². The Morgan fingerprint density at radius 3 is 2.56 bits per heavy atom. The van der Waals surface area contributed by atoms with Gasteiger partial charge < -0.3 is 24.6 Å². The smallest absolute Gasteiger partial charge is 0.321 e. The second-order valence-electron chi connectivity index (χ2n) is 8.97. The van der Waals surface area contributed by atoms with Crippen LogP contribution in [0.5, 0.6) is 11.5 Å². The van der Waals surface area contributed by atoms with E-state index in [1.807, 2.05) is 28.0 Å². The van der Waals surface area contributed by atoms with Crippen molar-refractivity contribution >= 4 is 17.6 Å². The summed E-state index contributed by atoms with van der Waals surface area (Å²) in [5.41, 5.74) is 1.59. The largest absolute Gasteiger partial charge is 0.493 e. The quantitative estimate of drug-likeness (QED) is 0.689. The van der Waals surface area contributed by atoms with Crippen LogP contribution in [-0.2, 0) is 11.2 Å². The Labute approximate surface area is 199 Å². The molecule has 2 aromatic carbocycles. The number of rotatable bonds is 6. The third kappa shape index (κ3) is 5.43. The van der Waals surface area contributed by atoms with E-state index in [1.54, 1.807) is 26.4 Å². The Hall–Kier alpha value is -3.29. The number of piperidine rings is 1. The van der Waals surface area contributed by atoms with Crippen LogP contribution in [0.15, 0.2) is 42.5 Å². The minimum atomic E-state index is -0.337. The zero-order chi connectivity index (χ0) is 24.1. The van der Waals surface area contributed by atoms with Crippen LogP contribution in [0.1, 0.15) is 24.8 Å². The lowest BCUT2D eigenvalue weighted by atomic mass is 9.82. The van der Waals surface area contributed by atoms with E-state index in [9.17, 15) is 14.0 Å². The molecular weight excluding hydrogens is 437 g/mol. The number of methoxy groups -OCH3 is 2. The molecule has 2 aromatic rings. The Morgan fingerprint density at radius 1 is 1.06 bits per heavy atom. The van der Waals surface area contributed by atoms with Crippen LogP contribution < -0.4 is 14.8 Å². The molecule has 3 amide bonds. The molecule has 2 fully saturated rings. The van der Waals surface area contributed by atoms with Crippen LogP contribution in [0.2, 0.25) is 0 Å². The van der Waals surface area contributed by atoms with Crippen LogP contribution >= 0.6 is 0 Å². The molecule has 0 bridgehead atoms. The van der Waals surface area contributed by atoms with Crippen molar-refractivity contribution in [2.75, 3.05) is 45.7 Å². The average Bonchev–Trinajstić information content (AvgIpc) is 3.01. The molecule has 0 radical (unpaired) electrons. The first-order chi connectivity index (χ1) is 16.5. The Morgan fingerprint density at radius 2 is 1.82 bits per heavy atom. The van der Waals surface area contributed by atoms with E-state index in [0.29, 0.717) is 62.1 Å². The Balaban J connectivity index is 1.34. The van der Waals surface area contributed by atoms with Gasteiger partial charge in [-0.05, 0) is 67.0 Å². The number of benzene rings is 2. The van der Waals surface area contributed by atoms with Gasteiger partial charge in [0.1, 0.15) is 5.82 Å². The van der Waals surface area contributed by atoms with Gasteiger partial charge in [0.25, 0.3) is 0 Å². The molecule has 8 heteroatoms. The summed E-state index contributed by atoms with van der Waals surface area (Å²) in [4.78, 5) is 29.5. The maximum atomic E-state index is 13.1. The zero-order valence-electron chi connectivity index (χ0n) is 19.8. The third-order valence-corrected chi connectivity index (χ3v) is 6.97. The van der Waals surface area contributed by atoms with Crippen molar-refractivity contribution in [1.82, 2.24) is 9.80 Å². The van der Waals surface area contributed by atoms with Gasteiger partial charge in [-0.2, -0.15) is 0 Å². The predicted octanol–water partition coefficient (Wildman–Crippen LogP) is 4.18. The lowest BCUT2D eigenvalue weighted by Gasteiger charge is -2.37. The van der Waals surface area contributed by atoms with Crippen molar-refractivity contribution in [1.29, 1.82) is 0 Å². The number of amides is 3. The maximum Gasteiger partial charge on any atom is 0.321 e. The van der Waals surface area contributed by atoms with Gasteiger partial charge in [-0.1, -0.05) is 12.1 Å². The number of anilines is 1. The van der Waals surface area contributed by atoms with Crippen molar-refractivity contribution in [3.8, 4) is 11.5 Å². The number of para-hydroxylation sites is 1. The van der Waals surface area contributed by atoms with Gasteiger partial charge in [0.2, 0.25) is 5.91 Å². The van der Waals surface area contributed by atoms with E-state index in [0.717, 1.165) is 18.4 Å². The number of hydrogen-bond donors (Lipinski definition) is 1. The summed E-state index contributed by atoms with van der Waals surface area (Å²) in [6, 6.07) is 11.4. The summed E-state index contributed by atoms with van der Waals surface area (Å²) in [6.07, 6.45) is 2.89. The number of hydrogen-bond acceptors (Lipinski definition) is 4. The van der Waals surface area contributed by atoms with Crippen LogP contribution in [0, 0.1) is 17.7 Å². The fraction of sp³-hybridized carbons (Fsp3) is 0.462. The molecule has 0 saturated carbocycles. The van der Waals surface area contributed by atoms with Gasteiger partial charge in [0.05, 0.1) is 14.2 Å². The highest BCUT2D eigenvalue weighted by Crippen LogP contribution is 2.34. The number of halogens is 1. The van der Waals surface area contributed by atoms with Gasteiger partial charge in [0.15, 0.2) is 11.5 Å². The van der Waals surface area contributed by atoms with Crippen molar-refractivity contribution in [3.05, 3.63) is 53.8 Å². The van der Waals surface area contributed by atoms with E-state index in [4.69, 9.17) is 9.47 Å². The topological polar surface area (TPSA) is 71.1 Å². The Bertz CT molecular complexity index is 1010. The first-order valence-corrected chi connectivity index (χ1v) is 11.8. The van der Waals surface area contributed by atoms with Crippen LogP contribution in [0.3, 0.4) is 0 Å². The molecule has 1 N–H and O–H groups in total. The van der Waals surface area contributed by atoms with E-state index in [-0.39, 0.29) is 23.7 Å². The normalized spacial score (nSPS) is 20.4. The molecule has 182 valence electrons. The number of carbonyl (C=O) groups excluding carboxylic acids is 2. The number of likely N-dealkylation sites (tertiary alicyclic amines) is 2. The molecule has 4 rings (SSSR count). The standard InChI is InChI=1S/C26H32FN3O4/c1-33-23-5-3-4-18(25(23)34-2)10-13-29-14-12-20-17-30(15-11-19(20)16-24(29)31)26(32)28-22-8-6-21(27)7-9-22/h3-9,19-20H,10-17H2,1-2H3,(H,28,32)/t19-,20+/m0/s1. The van der Waals surface area contributed by atoms with Gasteiger partial charge >= 0.3 is 6.03 Å². The highest BCUT2D eigenvalue weighted by molar-refractivity contribution is 5.89. The van der Waals surface area contributed by atoms with Crippen LogP contribution in [-0.4, -0.2) is 62.1 Å².